The van der Waals surface area contributed by atoms with Gasteiger partial charge in [0.25, 0.3) is 0 Å². The molecule has 3 amide bonds. The third-order valence-corrected chi connectivity index (χ3v) is 5.20. The number of amides is 3. The standard InChI is InChI=1S/C17H27N5O2/c18-16(23)11-13-5-3-9-21(12-13)17(24)20-14-6-1-2-7-15(14)22-10-4-8-19-22/h4,8,10,13-15H,1-3,5-7,9,11-12H2,(H2,18,23)(H,20,24)/t13-,14-,15+/m0/s1. The summed E-state index contributed by atoms with van der Waals surface area (Å²) in [7, 11) is 0. The molecule has 1 aromatic heterocycles. The van der Waals surface area contributed by atoms with Gasteiger partial charge in [0.05, 0.1) is 12.1 Å². The third kappa shape index (κ3) is 4.07. The van der Waals surface area contributed by atoms with E-state index in [4.69, 9.17) is 5.73 Å². The highest BCUT2D eigenvalue weighted by Crippen LogP contribution is 2.28. The molecule has 0 spiro atoms. The van der Waals surface area contributed by atoms with Crippen LogP contribution in [0.25, 0.3) is 0 Å². The van der Waals surface area contributed by atoms with Crippen LogP contribution in [0.1, 0.15) is 51.0 Å². The second-order valence-corrected chi connectivity index (χ2v) is 7.02. The normalized spacial score (nSPS) is 27.7. The molecule has 1 aromatic rings. The van der Waals surface area contributed by atoms with Crippen molar-refractivity contribution in [1.82, 2.24) is 20.0 Å². The number of aromatic nitrogens is 2. The van der Waals surface area contributed by atoms with E-state index in [1.54, 1.807) is 6.20 Å². The van der Waals surface area contributed by atoms with Gasteiger partial charge in [0.15, 0.2) is 0 Å². The molecule has 1 aliphatic carbocycles. The molecule has 2 fully saturated rings. The van der Waals surface area contributed by atoms with Crippen LogP contribution in [0.3, 0.4) is 0 Å². The van der Waals surface area contributed by atoms with Gasteiger partial charge in [-0.05, 0) is 37.7 Å². The van der Waals surface area contributed by atoms with E-state index in [2.05, 4.69) is 10.4 Å². The van der Waals surface area contributed by atoms with Crippen LogP contribution in [-0.4, -0.2) is 45.8 Å². The lowest BCUT2D eigenvalue weighted by atomic mass is 9.90. The molecule has 0 aromatic carbocycles. The number of hydrogen-bond acceptors (Lipinski definition) is 3. The smallest absolute Gasteiger partial charge is 0.317 e. The SMILES string of the molecule is NC(=O)C[C@@H]1CCCN(C(=O)N[C@H]2CCCC[C@H]2n2cccn2)C1. The number of hydrogen-bond donors (Lipinski definition) is 2. The predicted molar refractivity (Wildman–Crippen MR) is 90.2 cm³/mol. The number of likely N-dealkylation sites (tertiary alicyclic amines) is 1. The highest BCUT2D eigenvalue weighted by atomic mass is 16.2. The third-order valence-electron chi connectivity index (χ3n) is 5.20. The fourth-order valence-electron chi connectivity index (χ4n) is 4.02. The molecule has 0 radical (unpaired) electrons. The van der Waals surface area contributed by atoms with E-state index in [0.29, 0.717) is 13.0 Å². The molecule has 1 aliphatic heterocycles. The van der Waals surface area contributed by atoms with Crippen molar-refractivity contribution in [2.75, 3.05) is 13.1 Å². The number of carbonyl (C=O) groups is 2. The van der Waals surface area contributed by atoms with Crippen molar-refractivity contribution in [3.63, 3.8) is 0 Å². The summed E-state index contributed by atoms with van der Waals surface area (Å²) < 4.78 is 1.97. The average Bonchev–Trinajstić information content (AvgIpc) is 3.09. The van der Waals surface area contributed by atoms with Gasteiger partial charge in [0.1, 0.15) is 0 Å². The zero-order chi connectivity index (χ0) is 16.9. The molecule has 1 saturated carbocycles. The summed E-state index contributed by atoms with van der Waals surface area (Å²) in [6, 6.07) is 2.24. The van der Waals surface area contributed by atoms with Crippen LogP contribution in [0.15, 0.2) is 18.5 Å². The van der Waals surface area contributed by atoms with E-state index < -0.39 is 0 Å². The maximum atomic E-state index is 12.7. The van der Waals surface area contributed by atoms with Crippen LogP contribution >= 0.6 is 0 Å². The molecule has 1 saturated heterocycles. The van der Waals surface area contributed by atoms with Gasteiger partial charge in [0, 0.05) is 31.9 Å². The largest absolute Gasteiger partial charge is 0.370 e. The number of primary amides is 1. The van der Waals surface area contributed by atoms with Crippen LogP contribution in [0.4, 0.5) is 4.79 Å². The van der Waals surface area contributed by atoms with Crippen LogP contribution in [0.2, 0.25) is 0 Å². The van der Waals surface area contributed by atoms with Crippen molar-refractivity contribution >= 4 is 11.9 Å². The first kappa shape index (κ1) is 16.8. The summed E-state index contributed by atoms with van der Waals surface area (Å²) in [6.45, 7) is 1.37. The number of nitrogens with two attached hydrogens (primary N) is 1. The van der Waals surface area contributed by atoms with E-state index in [0.717, 1.165) is 38.6 Å². The Bertz CT molecular complexity index is 559. The van der Waals surface area contributed by atoms with Crippen LogP contribution in [-0.2, 0) is 4.79 Å². The molecule has 3 N–H and O–H groups in total. The van der Waals surface area contributed by atoms with Gasteiger partial charge in [0.2, 0.25) is 5.91 Å². The Morgan fingerprint density at radius 2 is 2.04 bits per heavy atom. The molecule has 2 aliphatic rings. The van der Waals surface area contributed by atoms with Crippen LogP contribution in [0, 0.1) is 5.92 Å². The number of piperidine rings is 1. The van der Waals surface area contributed by atoms with Gasteiger partial charge in [-0.3, -0.25) is 9.48 Å². The molecule has 132 valence electrons. The van der Waals surface area contributed by atoms with Gasteiger partial charge in [-0.15, -0.1) is 0 Å². The average molecular weight is 333 g/mol. The Morgan fingerprint density at radius 1 is 1.21 bits per heavy atom. The lowest BCUT2D eigenvalue weighted by molar-refractivity contribution is -0.119. The second kappa shape index (κ2) is 7.68. The zero-order valence-electron chi connectivity index (χ0n) is 14.1. The predicted octanol–water partition coefficient (Wildman–Crippen LogP) is 1.66. The first-order valence-electron chi connectivity index (χ1n) is 8.96. The lowest BCUT2D eigenvalue weighted by Gasteiger charge is -2.37. The molecule has 24 heavy (non-hydrogen) atoms. The minimum absolute atomic E-state index is 0.0202. The van der Waals surface area contributed by atoms with Crippen molar-refractivity contribution in [3.05, 3.63) is 18.5 Å². The zero-order valence-corrected chi connectivity index (χ0v) is 14.1. The maximum absolute atomic E-state index is 12.7. The van der Waals surface area contributed by atoms with Crippen LogP contribution < -0.4 is 11.1 Å². The molecular formula is C17H27N5O2. The fourth-order valence-corrected chi connectivity index (χ4v) is 4.02. The Kier molecular flexibility index (Phi) is 5.37. The van der Waals surface area contributed by atoms with Crippen molar-refractivity contribution < 1.29 is 9.59 Å². The van der Waals surface area contributed by atoms with Gasteiger partial charge in [-0.1, -0.05) is 12.8 Å². The van der Waals surface area contributed by atoms with E-state index >= 15 is 0 Å². The Balaban J connectivity index is 1.59. The lowest BCUT2D eigenvalue weighted by Crippen LogP contribution is -2.51. The molecular weight excluding hydrogens is 306 g/mol. The number of rotatable bonds is 4. The van der Waals surface area contributed by atoms with Gasteiger partial charge in [-0.2, -0.15) is 5.10 Å². The first-order chi connectivity index (χ1) is 11.6. The number of urea groups is 1. The van der Waals surface area contributed by atoms with Crippen molar-refractivity contribution in [3.8, 4) is 0 Å². The quantitative estimate of drug-likeness (QED) is 0.877. The molecule has 0 bridgehead atoms. The minimum atomic E-state index is -0.284. The monoisotopic (exact) mass is 333 g/mol. The highest BCUT2D eigenvalue weighted by molar-refractivity contribution is 5.76. The Hall–Kier alpha value is -2.05. The Morgan fingerprint density at radius 3 is 2.79 bits per heavy atom. The van der Waals surface area contributed by atoms with Crippen molar-refractivity contribution in [2.45, 2.75) is 57.0 Å². The molecule has 3 atom stereocenters. The van der Waals surface area contributed by atoms with Crippen LogP contribution in [0.5, 0.6) is 0 Å². The van der Waals surface area contributed by atoms with Gasteiger partial charge in [-0.25, -0.2) is 4.79 Å². The van der Waals surface area contributed by atoms with Crippen molar-refractivity contribution in [1.29, 1.82) is 0 Å². The number of nitrogens with zero attached hydrogens (tertiary/aromatic N) is 3. The minimum Gasteiger partial charge on any atom is -0.370 e. The van der Waals surface area contributed by atoms with E-state index in [-0.39, 0.29) is 29.9 Å². The number of carbonyl (C=O) groups excluding carboxylic acids is 2. The molecule has 7 heteroatoms. The molecule has 7 nitrogen and oxygen atoms in total. The molecule has 2 heterocycles. The first-order valence-corrected chi connectivity index (χ1v) is 8.96. The molecule has 0 unspecified atom stereocenters. The van der Waals surface area contributed by atoms with E-state index in [1.165, 1.54) is 6.42 Å². The van der Waals surface area contributed by atoms with Gasteiger partial charge < -0.3 is 16.0 Å². The summed E-state index contributed by atoms with van der Waals surface area (Å²) in [5, 5.41) is 7.57. The summed E-state index contributed by atoms with van der Waals surface area (Å²) >= 11 is 0. The summed E-state index contributed by atoms with van der Waals surface area (Å²) in [5.74, 6) is -0.0939. The summed E-state index contributed by atoms with van der Waals surface area (Å²) in [4.78, 5) is 25.6. The summed E-state index contributed by atoms with van der Waals surface area (Å²) in [6.07, 6.45) is 10.3. The van der Waals surface area contributed by atoms with E-state index in [9.17, 15) is 9.59 Å². The summed E-state index contributed by atoms with van der Waals surface area (Å²) in [5.41, 5.74) is 5.30. The molecule has 3 rings (SSSR count). The fraction of sp³-hybridized carbons (Fsp3) is 0.706. The Labute approximate surface area is 142 Å². The maximum Gasteiger partial charge on any atom is 0.317 e. The topological polar surface area (TPSA) is 93.3 Å². The van der Waals surface area contributed by atoms with Gasteiger partial charge >= 0.3 is 6.03 Å². The van der Waals surface area contributed by atoms with E-state index in [1.807, 2.05) is 21.8 Å². The highest BCUT2D eigenvalue weighted by Gasteiger charge is 2.31. The van der Waals surface area contributed by atoms with Crippen molar-refractivity contribution in [2.24, 2.45) is 11.7 Å². The number of nitrogens with one attached hydrogen (secondary N) is 1. The second-order valence-electron chi connectivity index (χ2n) is 7.02.